The van der Waals surface area contributed by atoms with Crippen LogP contribution in [0.4, 0.5) is 5.69 Å². The number of hydrogen-bond acceptors (Lipinski definition) is 7. The molecule has 1 unspecified atom stereocenters. The number of aliphatic carboxylic acids is 1. The Hall–Kier alpha value is -5.64. The number of ether oxygens (including phenoxy) is 3. The Morgan fingerprint density at radius 3 is 1.85 bits per heavy atom. The van der Waals surface area contributed by atoms with Gasteiger partial charge in [0.1, 0.15) is 23.3 Å². The maximum atomic E-state index is 12.9. The molecular weight excluding hydrogens is 612 g/mol. The van der Waals surface area contributed by atoms with E-state index in [1.807, 2.05) is 0 Å². The third-order valence-corrected chi connectivity index (χ3v) is 7.54. The molecule has 0 aliphatic rings. The molecule has 0 heterocycles. The van der Waals surface area contributed by atoms with E-state index in [0.29, 0.717) is 46.2 Å². The number of hydrogen-bond donors (Lipinski definition) is 3. The number of unbranched alkanes of at least 4 members (excludes halogenated alkanes) is 4. The van der Waals surface area contributed by atoms with Gasteiger partial charge in [-0.25, -0.2) is 9.59 Å². The topological polar surface area (TPSA) is 140 Å². The van der Waals surface area contributed by atoms with Crippen LogP contribution in [0.1, 0.15) is 75.7 Å². The molecule has 0 aromatic heterocycles. The third-order valence-electron chi connectivity index (χ3n) is 7.54. The van der Waals surface area contributed by atoms with Gasteiger partial charge in [-0.15, -0.1) is 0 Å². The van der Waals surface area contributed by atoms with Crippen molar-refractivity contribution in [2.24, 2.45) is 0 Å². The van der Waals surface area contributed by atoms with Gasteiger partial charge < -0.3 is 30.0 Å². The van der Waals surface area contributed by atoms with Crippen LogP contribution in [0.2, 0.25) is 0 Å². The highest BCUT2D eigenvalue weighted by atomic mass is 16.5. The number of carboxylic acids is 1. The standard InChI is InChI=1S/C38H40N2O8/c1-3-4-5-6-7-24-47-32-22-14-29(15-23-32)38(45)48-33-18-8-26(9-19-33)25-34(37(43)44)40-36(42)27-10-16-30(17-11-27)39-35(41)28-12-20-31(46-2)21-13-28/h8-23,34H,3-7,24-25H2,1-2H3,(H,39,41)(H,40,42)(H,43,44). The Labute approximate surface area is 280 Å². The first-order valence-corrected chi connectivity index (χ1v) is 15.9. The van der Waals surface area contributed by atoms with E-state index < -0.39 is 23.9 Å². The number of anilines is 1. The van der Waals surface area contributed by atoms with Crippen molar-refractivity contribution in [3.63, 3.8) is 0 Å². The summed E-state index contributed by atoms with van der Waals surface area (Å²) in [4.78, 5) is 50.0. The Bertz CT molecular complexity index is 1650. The number of amides is 2. The normalized spacial score (nSPS) is 11.2. The maximum absolute atomic E-state index is 12.9. The summed E-state index contributed by atoms with van der Waals surface area (Å²) < 4.78 is 16.3. The van der Waals surface area contributed by atoms with Crippen LogP contribution in [0.3, 0.4) is 0 Å². The lowest BCUT2D eigenvalue weighted by molar-refractivity contribution is -0.139. The summed E-state index contributed by atoms with van der Waals surface area (Å²) in [5.74, 6) is -1.02. The number of nitrogens with one attached hydrogen (secondary N) is 2. The molecular formula is C38H40N2O8. The van der Waals surface area contributed by atoms with Crippen LogP contribution >= 0.6 is 0 Å². The number of carbonyl (C=O) groups excluding carboxylic acids is 3. The SMILES string of the molecule is CCCCCCCOc1ccc(C(=O)Oc2ccc(CC(NC(=O)c3ccc(NC(=O)c4ccc(OC)cc4)cc3)C(=O)O)cc2)cc1. The number of carbonyl (C=O) groups is 4. The summed E-state index contributed by atoms with van der Waals surface area (Å²) in [6.07, 6.45) is 5.76. The average Bonchev–Trinajstić information content (AvgIpc) is 3.10. The van der Waals surface area contributed by atoms with Crippen LogP contribution in [-0.2, 0) is 11.2 Å². The van der Waals surface area contributed by atoms with Crippen molar-refractivity contribution in [1.82, 2.24) is 5.32 Å². The molecule has 10 nitrogen and oxygen atoms in total. The van der Waals surface area contributed by atoms with Crippen molar-refractivity contribution >= 4 is 29.4 Å². The highest BCUT2D eigenvalue weighted by Gasteiger charge is 2.21. The molecule has 1 atom stereocenters. The van der Waals surface area contributed by atoms with E-state index in [4.69, 9.17) is 14.2 Å². The van der Waals surface area contributed by atoms with Crippen LogP contribution in [0, 0.1) is 0 Å². The lowest BCUT2D eigenvalue weighted by atomic mass is 10.0. The number of carboxylic acid groups (broad SMARTS) is 1. The summed E-state index contributed by atoms with van der Waals surface area (Å²) in [5.41, 5.74) is 2.13. The minimum atomic E-state index is -1.21. The largest absolute Gasteiger partial charge is 0.497 e. The molecule has 4 rings (SSSR count). The molecule has 10 heteroatoms. The first-order chi connectivity index (χ1) is 23.2. The Kier molecular flexibility index (Phi) is 13.1. The molecule has 0 saturated carbocycles. The van der Waals surface area contributed by atoms with Gasteiger partial charge in [-0.3, -0.25) is 9.59 Å². The highest BCUT2D eigenvalue weighted by molar-refractivity contribution is 6.04. The molecule has 0 fully saturated rings. The van der Waals surface area contributed by atoms with Gasteiger partial charge in [0.25, 0.3) is 11.8 Å². The molecule has 0 saturated heterocycles. The fraction of sp³-hybridized carbons (Fsp3) is 0.263. The minimum Gasteiger partial charge on any atom is -0.497 e. The summed E-state index contributed by atoms with van der Waals surface area (Å²) in [7, 11) is 1.54. The van der Waals surface area contributed by atoms with E-state index in [0.717, 1.165) is 12.8 Å². The molecule has 4 aromatic carbocycles. The summed E-state index contributed by atoms with van der Waals surface area (Å²) in [6, 6.07) is 24.7. The number of rotatable bonds is 17. The summed E-state index contributed by atoms with van der Waals surface area (Å²) in [5, 5.41) is 15.1. The lowest BCUT2D eigenvalue weighted by Crippen LogP contribution is -2.42. The van der Waals surface area contributed by atoms with Crippen molar-refractivity contribution in [3.05, 3.63) is 119 Å². The van der Waals surface area contributed by atoms with E-state index in [-0.39, 0.29) is 17.9 Å². The second-order valence-corrected chi connectivity index (χ2v) is 11.1. The van der Waals surface area contributed by atoms with Gasteiger partial charge in [-0.2, -0.15) is 0 Å². The van der Waals surface area contributed by atoms with Crippen LogP contribution < -0.4 is 24.8 Å². The smallest absolute Gasteiger partial charge is 0.343 e. The molecule has 250 valence electrons. The van der Waals surface area contributed by atoms with E-state index in [1.165, 1.54) is 38.5 Å². The average molecular weight is 653 g/mol. The molecule has 0 aliphatic heterocycles. The monoisotopic (exact) mass is 652 g/mol. The molecule has 0 aliphatic carbocycles. The predicted octanol–water partition coefficient (Wildman–Crippen LogP) is 6.94. The zero-order chi connectivity index (χ0) is 34.3. The predicted molar refractivity (Wildman–Crippen MR) is 182 cm³/mol. The van der Waals surface area contributed by atoms with Gasteiger partial charge in [0, 0.05) is 23.2 Å². The van der Waals surface area contributed by atoms with Gasteiger partial charge >= 0.3 is 11.9 Å². The summed E-state index contributed by atoms with van der Waals surface area (Å²) in [6.45, 7) is 2.81. The van der Waals surface area contributed by atoms with Gasteiger partial charge in [-0.1, -0.05) is 44.7 Å². The molecule has 3 N–H and O–H groups in total. The zero-order valence-corrected chi connectivity index (χ0v) is 27.1. The first kappa shape index (κ1) is 35.2. The van der Waals surface area contributed by atoms with Crippen molar-refractivity contribution in [2.45, 2.75) is 51.5 Å². The van der Waals surface area contributed by atoms with Crippen molar-refractivity contribution in [1.29, 1.82) is 0 Å². The highest BCUT2D eigenvalue weighted by Crippen LogP contribution is 2.19. The van der Waals surface area contributed by atoms with Crippen molar-refractivity contribution in [2.75, 3.05) is 19.0 Å². The van der Waals surface area contributed by atoms with Crippen LogP contribution in [0.15, 0.2) is 97.1 Å². The fourth-order valence-corrected chi connectivity index (χ4v) is 4.77. The number of esters is 1. The lowest BCUT2D eigenvalue weighted by Gasteiger charge is -2.15. The number of benzene rings is 4. The Balaban J connectivity index is 1.25. The van der Waals surface area contributed by atoms with Gasteiger partial charge in [0.05, 0.1) is 19.3 Å². The molecule has 0 spiro atoms. The van der Waals surface area contributed by atoms with E-state index >= 15 is 0 Å². The van der Waals surface area contributed by atoms with Crippen molar-refractivity contribution < 1.29 is 38.5 Å². The molecule has 2 amide bonds. The third kappa shape index (κ3) is 10.7. The van der Waals surface area contributed by atoms with E-state index in [9.17, 15) is 24.3 Å². The maximum Gasteiger partial charge on any atom is 0.343 e. The Morgan fingerprint density at radius 2 is 1.23 bits per heavy atom. The Morgan fingerprint density at radius 1 is 0.667 bits per heavy atom. The van der Waals surface area contributed by atoms with Crippen LogP contribution in [-0.4, -0.2) is 48.6 Å². The van der Waals surface area contributed by atoms with Crippen LogP contribution in [0.25, 0.3) is 0 Å². The van der Waals surface area contributed by atoms with Crippen molar-refractivity contribution in [3.8, 4) is 17.2 Å². The van der Waals surface area contributed by atoms with Gasteiger partial charge in [0.15, 0.2) is 0 Å². The second kappa shape index (κ2) is 17.9. The summed E-state index contributed by atoms with van der Waals surface area (Å²) >= 11 is 0. The second-order valence-electron chi connectivity index (χ2n) is 11.1. The molecule has 0 radical (unpaired) electrons. The fourth-order valence-electron chi connectivity index (χ4n) is 4.77. The van der Waals surface area contributed by atoms with E-state index in [2.05, 4.69) is 17.6 Å². The minimum absolute atomic E-state index is 0.00533. The van der Waals surface area contributed by atoms with E-state index in [1.54, 1.807) is 84.9 Å². The van der Waals surface area contributed by atoms with Gasteiger partial charge in [-0.05, 0) is 96.9 Å². The number of methoxy groups -OCH3 is 1. The first-order valence-electron chi connectivity index (χ1n) is 15.9. The molecule has 4 aromatic rings. The van der Waals surface area contributed by atoms with Crippen LogP contribution in [0.5, 0.6) is 17.2 Å². The van der Waals surface area contributed by atoms with Gasteiger partial charge in [0.2, 0.25) is 0 Å². The zero-order valence-electron chi connectivity index (χ0n) is 27.1. The molecule has 48 heavy (non-hydrogen) atoms. The quantitative estimate of drug-likeness (QED) is 0.0633. The molecule has 0 bridgehead atoms.